The Bertz CT molecular complexity index is 748. The second-order valence-corrected chi connectivity index (χ2v) is 6.99. The summed E-state index contributed by atoms with van der Waals surface area (Å²) in [5.74, 6) is -0.109. The van der Waals surface area contributed by atoms with Crippen LogP contribution in [0.1, 0.15) is 36.9 Å². The van der Waals surface area contributed by atoms with Crippen molar-refractivity contribution in [2.24, 2.45) is 0 Å². The summed E-state index contributed by atoms with van der Waals surface area (Å²) in [5, 5.41) is 7.28. The van der Waals surface area contributed by atoms with Crippen molar-refractivity contribution in [3.05, 3.63) is 63.6 Å². The number of fused-ring (bicyclic) bond motifs is 1. The molecule has 2 aromatic rings. The van der Waals surface area contributed by atoms with Crippen molar-refractivity contribution >= 4 is 34.8 Å². The minimum atomic E-state index is -0.326. The van der Waals surface area contributed by atoms with Crippen LogP contribution in [0.2, 0.25) is 10.0 Å². The fraction of sp³-hybridized carbons (Fsp3) is 0.316. The highest BCUT2D eigenvalue weighted by atomic mass is 35.5. The third kappa shape index (κ3) is 3.92. The average molecular weight is 363 g/mol. The first kappa shape index (κ1) is 17.3. The van der Waals surface area contributed by atoms with Crippen molar-refractivity contribution in [3.63, 3.8) is 0 Å². The highest BCUT2D eigenvalue weighted by Crippen LogP contribution is 2.30. The molecule has 3 rings (SSSR count). The molecule has 0 aliphatic heterocycles. The first-order valence-corrected chi connectivity index (χ1v) is 8.90. The number of amides is 1. The van der Waals surface area contributed by atoms with Crippen LogP contribution in [0.25, 0.3) is 0 Å². The Labute approximate surface area is 152 Å². The molecule has 2 aromatic carbocycles. The minimum Gasteiger partial charge on any atom is -0.323 e. The highest BCUT2D eigenvalue weighted by molar-refractivity contribution is 6.36. The summed E-state index contributed by atoms with van der Waals surface area (Å²) in [6.45, 7) is 1.87. The molecule has 0 spiro atoms. The Morgan fingerprint density at radius 2 is 2.00 bits per heavy atom. The molecule has 3 nitrogen and oxygen atoms in total. The SMILES string of the molecule is C[C@H](N[C@H]1CCCc2ccccc21)C(=O)Nc1ccc(Cl)cc1Cl. The van der Waals surface area contributed by atoms with E-state index in [1.54, 1.807) is 18.2 Å². The van der Waals surface area contributed by atoms with E-state index >= 15 is 0 Å². The van der Waals surface area contributed by atoms with Crippen molar-refractivity contribution < 1.29 is 4.79 Å². The predicted octanol–water partition coefficient (Wildman–Crippen LogP) is 4.99. The molecule has 5 heteroatoms. The molecule has 1 aliphatic rings. The van der Waals surface area contributed by atoms with Crippen LogP contribution in [0.15, 0.2) is 42.5 Å². The van der Waals surface area contributed by atoms with Gasteiger partial charge in [0.05, 0.1) is 16.8 Å². The van der Waals surface area contributed by atoms with Crippen molar-refractivity contribution in [1.82, 2.24) is 5.32 Å². The molecule has 126 valence electrons. The molecular weight excluding hydrogens is 343 g/mol. The van der Waals surface area contributed by atoms with Crippen LogP contribution in [0.4, 0.5) is 5.69 Å². The molecule has 0 fully saturated rings. The zero-order valence-electron chi connectivity index (χ0n) is 13.5. The number of rotatable bonds is 4. The van der Waals surface area contributed by atoms with Crippen LogP contribution >= 0.6 is 23.2 Å². The van der Waals surface area contributed by atoms with E-state index in [1.165, 1.54) is 11.1 Å². The lowest BCUT2D eigenvalue weighted by Crippen LogP contribution is -2.41. The van der Waals surface area contributed by atoms with Crippen molar-refractivity contribution in [1.29, 1.82) is 0 Å². The second-order valence-electron chi connectivity index (χ2n) is 6.15. The van der Waals surface area contributed by atoms with Gasteiger partial charge in [-0.15, -0.1) is 0 Å². The fourth-order valence-corrected chi connectivity index (χ4v) is 3.59. The van der Waals surface area contributed by atoms with E-state index in [-0.39, 0.29) is 18.0 Å². The second kappa shape index (κ2) is 7.56. The monoisotopic (exact) mass is 362 g/mol. The Kier molecular flexibility index (Phi) is 5.44. The molecule has 0 heterocycles. The predicted molar refractivity (Wildman–Crippen MR) is 99.8 cm³/mol. The molecule has 2 N–H and O–H groups in total. The van der Waals surface area contributed by atoms with E-state index in [4.69, 9.17) is 23.2 Å². The Hall–Kier alpha value is -1.55. The Balaban J connectivity index is 1.67. The summed E-state index contributed by atoms with van der Waals surface area (Å²) < 4.78 is 0. The van der Waals surface area contributed by atoms with Gasteiger partial charge in [0.15, 0.2) is 0 Å². The van der Waals surface area contributed by atoms with Gasteiger partial charge in [0.25, 0.3) is 0 Å². The molecule has 0 aromatic heterocycles. The number of hydrogen-bond acceptors (Lipinski definition) is 2. The quantitative estimate of drug-likeness (QED) is 0.804. The molecule has 0 saturated carbocycles. The smallest absolute Gasteiger partial charge is 0.241 e. The van der Waals surface area contributed by atoms with Crippen LogP contribution in [0.5, 0.6) is 0 Å². The lowest BCUT2D eigenvalue weighted by Gasteiger charge is -2.29. The van der Waals surface area contributed by atoms with Crippen LogP contribution in [0.3, 0.4) is 0 Å². The van der Waals surface area contributed by atoms with E-state index in [2.05, 4.69) is 34.9 Å². The van der Waals surface area contributed by atoms with E-state index in [1.807, 2.05) is 6.92 Å². The van der Waals surface area contributed by atoms with E-state index in [0.29, 0.717) is 15.7 Å². The minimum absolute atomic E-state index is 0.109. The fourth-order valence-electron chi connectivity index (χ4n) is 3.14. The number of carbonyl (C=O) groups is 1. The average Bonchev–Trinajstić information content (AvgIpc) is 2.57. The molecular formula is C19H20Cl2N2O. The number of nitrogens with one attached hydrogen (secondary N) is 2. The zero-order chi connectivity index (χ0) is 17.1. The maximum absolute atomic E-state index is 12.5. The van der Waals surface area contributed by atoms with Gasteiger partial charge in [0, 0.05) is 11.1 Å². The first-order chi connectivity index (χ1) is 11.5. The van der Waals surface area contributed by atoms with Crippen LogP contribution in [0, 0.1) is 0 Å². The third-order valence-electron chi connectivity index (χ3n) is 4.40. The summed E-state index contributed by atoms with van der Waals surface area (Å²) in [6.07, 6.45) is 3.28. The molecule has 1 amide bonds. The Morgan fingerprint density at radius 3 is 2.79 bits per heavy atom. The van der Waals surface area contributed by atoms with Gasteiger partial charge in [-0.2, -0.15) is 0 Å². The van der Waals surface area contributed by atoms with Gasteiger partial charge in [-0.3, -0.25) is 10.1 Å². The molecule has 24 heavy (non-hydrogen) atoms. The number of carbonyl (C=O) groups excluding carboxylic acids is 1. The van der Waals surface area contributed by atoms with E-state index in [9.17, 15) is 4.79 Å². The van der Waals surface area contributed by atoms with Crippen molar-refractivity contribution in [3.8, 4) is 0 Å². The van der Waals surface area contributed by atoms with Gasteiger partial charge >= 0.3 is 0 Å². The number of halogens is 2. The molecule has 0 radical (unpaired) electrons. The van der Waals surface area contributed by atoms with Gasteiger partial charge in [-0.05, 0) is 55.5 Å². The first-order valence-electron chi connectivity index (χ1n) is 8.14. The summed E-state index contributed by atoms with van der Waals surface area (Å²) >= 11 is 12.0. The maximum Gasteiger partial charge on any atom is 0.241 e. The van der Waals surface area contributed by atoms with Gasteiger partial charge in [-0.25, -0.2) is 0 Å². The standard InChI is InChI=1S/C19H20Cl2N2O/c1-12(19(24)23-18-10-9-14(20)11-16(18)21)22-17-8-4-6-13-5-2-3-7-15(13)17/h2-3,5,7,9-12,17,22H,4,6,8H2,1H3,(H,23,24)/t12-,17-/m0/s1. The summed E-state index contributed by atoms with van der Waals surface area (Å²) in [7, 11) is 0. The molecule has 0 unspecified atom stereocenters. The van der Waals surface area contributed by atoms with Crippen LogP contribution in [-0.4, -0.2) is 11.9 Å². The van der Waals surface area contributed by atoms with Crippen LogP contribution < -0.4 is 10.6 Å². The van der Waals surface area contributed by atoms with Gasteiger partial charge in [-0.1, -0.05) is 47.5 Å². The topological polar surface area (TPSA) is 41.1 Å². The van der Waals surface area contributed by atoms with Crippen molar-refractivity contribution in [2.45, 2.75) is 38.3 Å². The zero-order valence-corrected chi connectivity index (χ0v) is 15.0. The normalized spacial score (nSPS) is 17.9. The number of aryl methyl sites for hydroxylation is 1. The van der Waals surface area contributed by atoms with E-state index < -0.39 is 0 Å². The third-order valence-corrected chi connectivity index (χ3v) is 4.95. The molecule has 0 bridgehead atoms. The summed E-state index contributed by atoms with van der Waals surface area (Å²) in [5.41, 5.74) is 3.24. The van der Waals surface area contributed by atoms with Gasteiger partial charge in [0.2, 0.25) is 5.91 Å². The molecule has 0 saturated heterocycles. The summed E-state index contributed by atoms with van der Waals surface area (Å²) in [6, 6.07) is 13.4. The number of hydrogen-bond donors (Lipinski definition) is 2. The van der Waals surface area contributed by atoms with Crippen molar-refractivity contribution in [2.75, 3.05) is 5.32 Å². The largest absolute Gasteiger partial charge is 0.323 e. The lowest BCUT2D eigenvalue weighted by molar-refractivity contribution is -0.118. The van der Waals surface area contributed by atoms with E-state index in [0.717, 1.165) is 19.3 Å². The van der Waals surface area contributed by atoms with Gasteiger partial charge in [0.1, 0.15) is 0 Å². The molecule has 1 aliphatic carbocycles. The number of anilines is 1. The Morgan fingerprint density at radius 1 is 1.21 bits per heavy atom. The van der Waals surface area contributed by atoms with Crippen LogP contribution in [-0.2, 0) is 11.2 Å². The maximum atomic E-state index is 12.5. The lowest BCUT2D eigenvalue weighted by atomic mass is 9.87. The molecule has 2 atom stereocenters. The summed E-state index contributed by atoms with van der Waals surface area (Å²) in [4.78, 5) is 12.5. The highest BCUT2D eigenvalue weighted by Gasteiger charge is 2.24. The number of benzene rings is 2. The van der Waals surface area contributed by atoms with Gasteiger partial charge < -0.3 is 5.32 Å².